The topological polar surface area (TPSA) is 149 Å². The van der Waals surface area contributed by atoms with Crippen LogP contribution in [0.1, 0.15) is 48.8 Å². The van der Waals surface area contributed by atoms with Crippen LogP contribution in [-0.4, -0.2) is 106 Å². The van der Waals surface area contributed by atoms with Crippen molar-refractivity contribution in [3.8, 4) is 0 Å². The summed E-state index contributed by atoms with van der Waals surface area (Å²) in [6, 6.07) is 10.0. The molecule has 2 heterocycles. The van der Waals surface area contributed by atoms with E-state index in [0.717, 1.165) is 38.4 Å². The van der Waals surface area contributed by atoms with Gasteiger partial charge in [0.25, 0.3) is 0 Å². The van der Waals surface area contributed by atoms with Crippen LogP contribution in [0.3, 0.4) is 0 Å². The van der Waals surface area contributed by atoms with E-state index in [1.807, 2.05) is 0 Å². The lowest BCUT2D eigenvalue weighted by atomic mass is 9.87. The third-order valence-corrected chi connectivity index (χ3v) is 10.5. The Morgan fingerprint density at radius 2 is 1.49 bits per heavy atom. The standard InChI is InChI=1S/C30H39N3O8S2/c1-21(34)32-14-15-33(29(35)16-22-6-8-25(9-7-22)42(2,38)39)24(20-32)18-28(30(36)37)27-11-10-26(43(3,40)41)17-23(27)19-31-12-4-5-13-31/h6-11,17,24,28H,4-5,12-16,18-20H2,1-3H3,(H,36,37)/t24-,28?/m0/s1. The van der Waals surface area contributed by atoms with Crippen molar-refractivity contribution in [2.45, 2.75) is 60.9 Å². The summed E-state index contributed by atoms with van der Waals surface area (Å²) in [6.45, 7) is 4.23. The van der Waals surface area contributed by atoms with Gasteiger partial charge in [-0.2, -0.15) is 0 Å². The predicted molar refractivity (Wildman–Crippen MR) is 160 cm³/mol. The predicted octanol–water partition coefficient (Wildman–Crippen LogP) is 1.95. The number of amides is 2. The maximum atomic E-state index is 13.6. The van der Waals surface area contributed by atoms with Crippen molar-refractivity contribution >= 4 is 37.5 Å². The highest BCUT2D eigenvalue weighted by Crippen LogP contribution is 2.32. The number of carboxylic acids is 1. The van der Waals surface area contributed by atoms with E-state index in [2.05, 4.69) is 4.90 Å². The molecule has 0 spiro atoms. The van der Waals surface area contributed by atoms with Gasteiger partial charge in [0.15, 0.2) is 19.7 Å². The lowest BCUT2D eigenvalue weighted by Gasteiger charge is -2.42. The van der Waals surface area contributed by atoms with Crippen molar-refractivity contribution in [1.82, 2.24) is 14.7 Å². The number of aliphatic carboxylic acids is 1. The first-order valence-electron chi connectivity index (χ1n) is 14.3. The number of benzene rings is 2. The smallest absolute Gasteiger partial charge is 0.311 e. The SMILES string of the molecule is CC(=O)N1CCN(C(=O)Cc2ccc(S(C)(=O)=O)cc2)[C@@H](CC(C(=O)O)c2ccc(S(C)(=O)=O)cc2CN2CCCC2)C1. The van der Waals surface area contributed by atoms with Gasteiger partial charge in [0, 0.05) is 45.6 Å². The number of sulfone groups is 2. The number of nitrogens with zero attached hydrogens (tertiary/aromatic N) is 3. The highest BCUT2D eigenvalue weighted by atomic mass is 32.2. The Labute approximate surface area is 253 Å². The molecular formula is C30H39N3O8S2. The molecule has 2 aliphatic heterocycles. The Balaban J connectivity index is 1.64. The van der Waals surface area contributed by atoms with E-state index in [9.17, 15) is 36.3 Å². The summed E-state index contributed by atoms with van der Waals surface area (Å²) in [5, 5.41) is 10.4. The van der Waals surface area contributed by atoms with Gasteiger partial charge in [-0.15, -0.1) is 0 Å². The molecule has 2 aromatic carbocycles. The maximum Gasteiger partial charge on any atom is 0.311 e. The van der Waals surface area contributed by atoms with Crippen LogP contribution in [0.4, 0.5) is 0 Å². The number of carbonyl (C=O) groups is 3. The average molecular weight is 634 g/mol. The van der Waals surface area contributed by atoms with Crippen molar-refractivity contribution in [1.29, 1.82) is 0 Å². The minimum absolute atomic E-state index is 0.0123. The number of hydrogen-bond donors (Lipinski definition) is 1. The fraction of sp³-hybridized carbons (Fsp3) is 0.500. The van der Waals surface area contributed by atoms with Gasteiger partial charge < -0.3 is 14.9 Å². The van der Waals surface area contributed by atoms with Gasteiger partial charge in [0.05, 0.1) is 28.2 Å². The molecule has 0 saturated carbocycles. The molecule has 1 unspecified atom stereocenters. The highest BCUT2D eigenvalue weighted by molar-refractivity contribution is 7.91. The van der Waals surface area contributed by atoms with Crippen LogP contribution >= 0.6 is 0 Å². The van der Waals surface area contributed by atoms with Crippen molar-refractivity contribution in [3.63, 3.8) is 0 Å². The first-order valence-corrected chi connectivity index (χ1v) is 18.0. The Morgan fingerprint density at radius 3 is 2.05 bits per heavy atom. The van der Waals surface area contributed by atoms with E-state index in [-0.39, 0.29) is 47.5 Å². The minimum Gasteiger partial charge on any atom is -0.481 e. The second-order valence-corrected chi connectivity index (χ2v) is 15.6. The molecule has 0 aliphatic carbocycles. The number of carbonyl (C=O) groups excluding carboxylic acids is 2. The zero-order chi connectivity index (χ0) is 31.5. The fourth-order valence-electron chi connectivity index (χ4n) is 5.91. The largest absolute Gasteiger partial charge is 0.481 e. The number of carboxylic acid groups (broad SMARTS) is 1. The monoisotopic (exact) mass is 633 g/mol. The Kier molecular flexibility index (Phi) is 9.97. The minimum atomic E-state index is -3.52. The Hall–Kier alpha value is -3.29. The van der Waals surface area contributed by atoms with Gasteiger partial charge in [0.1, 0.15) is 0 Å². The fourth-order valence-corrected chi connectivity index (χ4v) is 7.21. The molecule has 2 amide bonds. The zero-order valence-corrected chi connectivity index (χ0v) is 26.4. The molecule has 0 aromatic heterocycles. The summed E-state index contributed by atoms with van der Waals surface area (Å²) in [7, 11) is -6.91. The van der Waals surface area contributed by atoms with Crippen LogP contribution < -0.4 is 0 Å². The second kappa shape index (κ2) is 13.1. The first kappa shape index (κ1) is 32.6. The van der Waals surface area contributed by atoms with Crippen LogP contribution in [0.5, 0.6) is 0 Å². The van der Waals surface area contributed by atoms with E-state index in [4.69, 9.17) is 0 Å². The van der Waals surface area contributed by atoms with Gasteiger partial charge in [-0.05, 0) is 73.3 Å². The molecule has 2 atom stereocenters. The number of hydrogen-bond acceptors (Lipinski definition) is 8. The van der Waals surface area contributed by atoms with Gasteiger partial charge >= 0.3 is 5.97 Å². The van der Waals surface area contributed by atoms with Gasteiger partial charge in [0.2, 0.25) is 11.8 Å². The van der Waals surface area contributed by atoms with Crippen molar-refractivity contribution in [3.05, 3.63) is 59.2 Å². The summed E-state index contributed by atoms with van der Waals surface area (Å²) in [5.41, 5.74) is 1.74. The van der Waals surface area contributed by atoms with Crippen molar-refractivity contribution < 1.29 is 36.3 Å². The van der Waals surface area contributed by atoms with Crippen LogP contribution in [0, 0.1) is 0 Å². The molecule has 2 fully saturated rings. The number of likely N-dealkylation sites (tertiary alicyclic amines) is 1. The van der Waals surface area contributed by atoms with Gasteiger partial charge in [-0.1, -0.05) is 18.2 Å². The maximum absolute atomic E-state index is 13.6. The molecule has 0 bridgehead atoms. The normalized spacial score (nSPS) is 18.9. The summed E-state index contributed by atoms with van der Waals surface area (Å²) in [5.74, 6) is -2.58. The van der Waals surface area contributed by atoms with E-state index in [1.54, 1.807) is 34.1 Å². The summed E-state index contributed by atoms with van der Waals surface area (Å²) in [6.07, 6.45) is 4.27. The van der Waals surface area contributed by atoms with Crippen LogP contribution in [0.15, 0.2) is 52.3 Å². The van der Waals surface area contributed by atoms with E-state index in [0.29, 0.717) is 29.8 Å². The second-order valence-electron chi connectivity index (χ2n) is 11.5. The summed E-state index contributed by atoms with van der Waals surface area (Å²) < 4.78 is 48.3. The van der Waals surface area contributed by atoms with E-state index in [1.165, 1.54) is 25.1 Å². The first-order chi connectivity index (χ1) is 20.1. The molecule has 13 heteroatoms. The Morgan fingerprint density at radius 1 is 0.884 bits per heavy atom. The van der Waals surface area contributed by atoms with Crippen molar-refractivity contribution in [2.75, 3.05) is 45.2 Å². The third-order valence-electron chi connectivity index (χ3n) is 8.27. The molecular weight excluding hydrogens is 594 g/mol. The lowest BCUT2D eigenvalue weighted by Crippen LogP contribution is -2.57. The summed E-state index contributed by atoms with van der Waals surface area (Å²) in [4.78, 5) is 44.3. The van der Waals surface area contributed by atoms with Crippen molar-refractivity contribution in [2.24, 2.45) is 0 Å². The lowest BCUT2D eigenvalue weighted by molar-refractivity contribution is -0.144. The molecule has 0 radical (unpaired) electrons. The molecule has 43 heavy (non-hydrogen) atoms. The molecule has 2 saturated heterocycles. The zero-order valence-electron chi connectivity index (χ0n) is 24.7. The van der Waals surface area contributed by atoms with Gasteiger partial charge in [-0.3, -0.25) is 19.3 Å². The number of rotatable bonds is 10. The van der Waals surface area contributed by atoms with E-state index < -0.39 is 37.6 Å². The quantitative estimate of drug-likeness (QED) is 0.414. The van der Waals surface area contributed by atoms with Crippen LogP contribution in [0.2, 0.25) is 0 Å². The summed E-state index contributed by atoms with van der Waals surface area (Å²) >= 11 is 0. The molecule has 2 aliphatic rings. The third kappa shape index (κ3) is 8.21. The molecule has 234 valence electrons. The number of piperazine rings is 1. The molecule has 2 aromatic rings. The molecule has 11 nitrogen and oxygen atoms in total. The van der Waals surface area contributed by atoms with E-state index >= 15 is 0 Å². The molecule has 4 rings (SSSR count). The molecule has 1 N–H and O–H groups in total. The average Bonchev–Trinajstić information content (AvgIpc) is 3.44. The Bertz CT molecular complexity index is 1580. The van der Waals surface area contributed by atoms with Crippen LogP contribution in [-0.2, 0) is 47.0 Å². The van der Waals surface area contributed by atoms with Crippen LogP contribution in [0.25, 0.3) is 0 Å². The highest BCUT2D eigenvalue weighted by Gasteiger charge is 2.36. The van der Waals surface area contributed by atoms with Gasteiger partial charge in [-0.25, -0.2) is 16.8 Å².